The molecule has 112 valence electrons. The minimum absolute atomic E-state index is 0.188. The minimum Gasteiger partial charge on any atom is -0.491 e. The number of aliphatic hydroxyl groups excluding tert-OH is 1. The number of hydrogen-bond donors (Lipinski definition) is 2. The van der Waals surface area contributed by atoms with E-state index in [1.54, 1.807) is 0 Å². The monoisotopic (exact) mass is 287 g/mol. The molecule has 0 bridgehead atoms. The molecule has 0 aromatic heterocycles. The Morgan fingerprint density at radius 3 is 2.33 bits per heavy atom. The van der Waals surface area contributed by atoms with E-state index in [0.29, 0.717) is 12.3 Å². The third kappa shape index (κ3) is 4.77. The number of para-hydroxylation sites is 1. The molecule has 0 saturated heterocycles. The van der Waals surface area contributed by atoms with Gasteiger partial charge in [0.1, 0.15) is 30.8 Å². The van der Waals surface area contributed by atoms with Crippen molar-refractivity contribution in [3.8, 4) is 11.5 Å². The Balaban J connectivity index is 1.76. The lowest BCUT2D eigenvalue weighted by atomic mass is 10.2. The van der Waals surface area contributed by atoms with Crippen LogP contribution in [0.5, 0.6) is 11.5 Å². The molecule has 0 amide bonds. The smallest absolute Gasteiger partial charge is 0.122 e. The van der Waals surface area contributed by atoms with Crippen LogP contribution in [0.1, 0.15) is 11.1 Å². The highest BCUT2D eigenvalue weighted by molar-refractivity contribution is 5.31. The molecule has 4 heteroatoms. The highest BCUT2D eigenvalue weighted by Gasteiger charge is 2.07. The fourth-order valence-corrected chi connectivity index (χ4v) is 1.87. The standard InChI is InChI=1S/C17H21NO3/c1-13-4-2-3-5-17(13)21-12-15(19)11-20-16-8-6-14(10-18)7-9-16/h2-9,15,19H,10-12,18H2,1H3. The van der Waals surface area contributed by atoms with E-state index in [4.69, 9.17) is 15.2 Å². The Labute approximate surface area is 125 Å². The molecule has 0 radical (unpaired) electrons. The summed E-state index contributed by atoms with van der Waals surface area (Å²) >= 11 is 0. The van der Waals surface area contributed by atoms with E-state index in [9.17, 15) is 5.11 Å². The lowest BCUT2D eigenvalue weighted by molar-refractivity contribution is 0.0624. The van der Waals surface area contributed by atoms with Gasteiger partial charge < -0.3 is 20.3 Å². The van der Waals surface area contributed by atoms with E-state index >= 15 is 0 Å². The zero-order valence-corrected chi connectivity index (χ0v) is 12.2. The van der Waals surface area contributed by atoms with Crippen LogP contribution in [0.3, 0.4) is 0 Å². The second-order valence-electron chi connectivity index (χ2n) is 4.89. The molecule has 3 N–H and O–H groups in total. The molecule has 0 aliphatic heterocycles. The van der Waals surface area contributed by atoms with Crippen LogP contribution in [0, 0.1) is 6.92 Å². The first-order valence-corrected chi connectivity index (χ1v) is 6.97. The Morgan fingerprint density at radius 1 is 1.00 bits per heavy atom. The molecule has 0 fully saturated rings. The molecule has 0 aliphatic carbocycles. The highest BCUT2D eigenvalue weighted by atomic mass is 16.5. The Morgan fingerprint density at radius 2 is 1.67 bits per heavy atom. The predicted octanol–water partition coefficient (Wildman–Crippen LogP) is 2.27. The molecular formula is C17H21NO3. The van der Waals surface area contributed by atoms with E-state index in [2.05, 4.69) is 0 Å². The normalized spacial score (nSPS) is 12.0. The fraction of sp³-hybridized carbons (Fsp3) is 0.294. The summed E-state index contributed by atoms with van der Waals surface area (Å²) in [5.41, 5.74) is 7.62. The average molecular weight is 287 g/mol. The first-order valence-electron chi connectivity index (χ1n) is 6.97. The van der Waals surface area contributed by atoms with Crippen LogP contribution in [-0.2, 0) is 6.54 Å². The first kappa shape index (κ1) is 15.4. The number of hydrogen-bond acceptors (Lipinski definition) is 4. The van der Waals surface area contributed by atoms with Gasteiger partial charge in [0.05, 0.1) is 0 Å². The summed E-state index contributed by atoms with van der Waals surface area (Å²) in [7, 11) is 0. The molecule has 1 unspecified atom stereocenters. The molecule has 0 heterocycles. The van der Waals surface area contributed by atoms with Gasteiger partial charge in [-0.25, -0.2) is 0 Å². The van der Waals surface area contributed by atoms with Gasteiger partial charge in [-0.15, -0.1) is 0 Å². The third-order valence-corrected chi connectivity index (χ3v) is 3.13. The van der Waals surface area contributed by atoms with Gasteiger partial charge in [0.25, 0.3) is 0 Å². The summed E-state index contributed by atoms with van der Waals surface area (Å²) < 4.78 is 11.1. The Bertz CT molecular complexity index is 554. The zero-order valence-electron chi connectivity index (χ0n) is 12.2. The van der Waals surface area contributed by atoms with E-state index < -0.39 is 6.10 Å². The van der Waals surface area contributed by atoms with Crippen molar-refractivity contribution < 1.29 is 14.6 Å². The van der Waals surface area contributed by atoms with Crippen LogP contribution in [0.2, 0.25) is 0 Å². The first-order chi connectivity index (χ1) is 10.2. The fourth-order valence-electron chi connectivity index (χ4n) is 1.87. The van der Waals surface area contributed by atoms with Crippen molar-refractivity contribution >= 4 is 0 Å². The molecule has 21 heavy (non-hydrogen) atoms. The molecule has 4 nitrogen and oxygen atoms in total. The van der Waals surface area contributed by atoms with Crippen LogP contribution >= 0.6 is 0 Å². The molecule has 0 spiro atoms. The SMILES string of the molecule is Cc1ccccc1OCC(O)COc1ccc(CN)cc1. The largest absolute Gasteiger partial charge is 0.491 e. The van der Waals surface area contributed by atoms with Gasteiger partial charge in [0.2, 0.25) is 0 Å². The summed E-state index contributed by atoms with van der Waals surface area (Å²) in [6, 6.07) is 15.2. The number of nitrogens with two attached hydrogens (primary N) is 1. The molecule has 0 aliphatic rings. The maximum atomic E-state index is 9.89. The number of rotatable bonds is 7. The van der Waals surface area contributed by atoms with Gasteiger partial charge in [-0.3, -0.25) is 0 Å². The maximum Gasteiger partial charge on any atom is 0.122 e. The predicted molar refractivity (Wildman–Crippen MR) is 82.5 cm³/mol. The van der Waals surface area contributed by atoms with E-state index in [-0.39, 0.29) is 13.2 Å². The second kappa shape index (κ2) is 7.67. The molecular weight excluding hydrogens is 266 g/mol. The lowest BCUT2D eigenvalue weighted by Gasteiger charge is -2.14. The lowest BCUT2D eigenvalue weighted by Crippen LogP contribution is -2.25. The van der Waals surface area contributed by atoms with Crippen LogP contribution in [0.15, 0.2) is 48.5 Å². The summed E-state index contributed by atoms with van der Waals surface area (Å²) in [5.74, 6) is 1.49. The number of aryl methyl sites for hydroxylation is 1. The van der Waals surface area contributed by atoms with Crippen LogP contribution in [0.4, 0.5) is 0 Å². The van der Waals surface area contributed by atoms with Crippen molar-refractivity contribution in [2.45, 2.75) is 19.6 Å². The van der Waals surface area contributed by atoms with Gasteiger partial charge in [0, 0.05) is 6.54 Å². The minimum atomic E-state index is -0.682. The zero-order chi connectivity index (χ0) is 15.1. The van der Waals surface area contributed by atoms with Crippen LogP contribution in [0.25, 0.3) is 0 Å². The Hall–Kier alpha value is -2.04. The molecule has 2 aromatic carbocycles. The Kier molecular flexibility index (Phi) is 5.60. The van der Waals surface area contributed by atoms with E-state index in [1.165, 1.54) is 0 Å². The highest BCUT2D eigenvalue weighted by Crippen LogP contribution is 2.16. The van der Waals surface area contributed by atoms with Gasteiger partial charge >= 0.3 is 0 Å². The topological polar surface area (TPSA) is 64.7 Å². The van der Waals surface area contributed by atoms with Crippen molar-refractivity contribution in [2.75, 3.05) is 13.2 Å². The van der Waals surface area contributed by atoms with Crippen LogP contribution < -0.4 is 15.2 Å². The second-order valence-corrected chi connectivity index (χ2v) is 4.89. The summed E-state index contributed by atoms with van der Waals surface area (Å²) in [6.07, 6.45) is -0.682. The maximum absolute atomic E-state index is 9.89. The molecule has 2 aromatic rings. The molecule has 0 saturated carbocycles. The average Bonchev–Trinajstić information content (AvgIpc) is 2.52. The van der Waals surface area contributed by atoms with Crippen molar-refractivity contribution in [3.05, 3.63) is 59.7 Å². The number of aliphatic hydroxyl groups is 1. The van der Waals surface area contributed by atoms with Crippen molar-refractivity contribution in [1.82, 2.24) is 0 Å². The number of ether oxygens (including phenoxy) is 2. The third-order valence-electron chi connectivity index (χ3n) is 3.13. The number of benzene rings is 2. The van der Waals surface area contributed by atoms with Gasteiger partial charge in [-0.1, -0.05) is 30.3 Å². The van der Waals surface area contributed by atoms with Gasteiger partial charge in [-0.2, -0.15) is 0 Å². The molecule has 1 atom stereocenters. The molecule has 2 rings (SSSR count). The van der Waals surface area contributed by atoms with Gasteiger partial charge in [0.15, 0.2) is 0 Å². The van der Waals surface area contributed by atoms with Crippen molar-refractivity contribution in [2.24, 2.45) is 5.73 Å². The van der Waals surface area contributed by atoms with Crippen LogP contribution in [-0.4, -0.2) is 24.4 Å². The van der Waals surface area contributed by atoms with E-state index in [1.807, 2.05) is 55.5 Å². The van der Waals surface area contributed by atoms with E-state index in [0.717, 1.165) is 16.9 Å². The summed E-state index contributed by atoms with van der Waals surface area (Å²) in [4.78, 5) is 0. The van der Waals surface area contributed by atoms with Crippen molar-refractivity contribution in [3.63, 3.8) is 0 Å². The van der Waals surface area contributed by atoms with Crippen molar-refractivity contribution in [1.29, 1.82) is 0 Å². The van der Waals surface area contributed by atoms with Gasteiger partial charge in [-0.05, 0) is 36.2 Å². The summed E-state index contributed by atoms with van der Waals surface area (Å²) in [5, 5.41) is 9.89. The summed E-state index contributed by atoms with van der Waals surface area (Å²) in [6.45, 7) is 2.87. The quantitative estimate of drug-likeness (QED) is 0.820.